The third-order valence-corrected chi connectivity index (χ3v) is 2.23. The van der Waals surface area contributed by atoms with Crippen LogP contribution in [0.1, 0.15) is 5.56 Å². The summed E-state index contributed by atoms with van der Waals surface area (Å²) in [4.78, 5) is 10.9. The fourth-order valence-electron chi connectivity index (χ4n) is 1.47. The van der Waals surface area contributed by atoms with Crippen LogP contribution in [0.3, 0.4) is 0 Å². The molecule has 0 spiro atoms. The van der Waals surface area contributed by atoms with Crippen molar-refractivity contribution >= 4 is 17.2 Å². The molecule has 0 radical (unpaired) electrons. The van der Waals surface area contributed by atoms with Crippen molar-refractivity contribution in [3.05, 3.63) is 23.9 Å². The molecule has 0 aliphatic carbocycles. The smallest absolute Gasteiger partial charge is 0.337 e. The zero-order valence-corrected chi connectivity index (χ0v) is 8.27. The van der Waals surface area contributed by atoms with Crippen molar-refractivity contribution in [2.24, 2.45) is 5.73 Å². The molecule has 2 rings (SSSR count). The van der Waals surface area contributed by atoms with Crippen LogP contribution in [-0.2, 0) is 4.79 Å². The Hall–Kier alpha value is -2.37. The lowest BCUT2D eigenvalue weighted by atomic mass is 10.0. The zero-order valence-electron chi connectivity index (χ0n) is 8.27. The molecule has 0 saturated heterocycles. The summed E-state index contributed by atoms with van der Waals surface area (Å²) in [6.07, 6.45) is 0.996. The summed E-state index contributed by atoms with van der Waals surface area (Å²) >= 11 is 0. The van der Waals surface area contributed by atoms with Crippen molar-refractivity contribution in [2.45, 2.75) is 0 Å². The molecule has 0 amide bonds. The highest BCUT2D eigenvalue weighted by atomic mass is 16.7. The second kappa shape index (κ2) is 3.65. The highest BCUT2D eigenvalue weighted by Crippen LogP contribution is 2.38. The SMILES string of the molecule is N/C=C(/C(=O)O)c1cc2c(cc1N)OCO2. The Labute approximate surface area is 91.1 Å². The minimum Gasteiger partial charge on any atom is -0.478 e. The Bertz CT molecular complexity index is 482. The van der Waals surface area contributed by atoms with E-state index in [1.54, 1.807) is 0 Å². The van der Waals surface area contributed by atoms with Gasteiger partial charge < -0.3 is 26.0 Å². The number of hydrogen-bond acceptors (Lipinski definition) is 5. The number of benzene rings is 1. The fraction of sp³-hybridized carbons (Fsp3) is 0.100. The number of fused-ring (bicyclic) bond motifs is 1. The molecule has 16 heavy (non-hydrogen) atoms. The van der Waals surface area contributed by atoms with E-state index in [-0.39, 0.29) is 18.1 Å². The molecule has 1 aromatic rings. The van der Waals surface area contributed by atoms with E-state index in [1.807, 2.05) is 0 Å². The third-order valence-electron chi connectivity index (χ3n) is 2.23. The Morgan fingerprint density at radius 2 is 2.00 bits per heavy atom. The summed E-state index contributed by atoms with van der Waals surface area (Å²) in [5, 5.41) is 8.92. The maximum Gasteiger partial charge on any atom is 0.337 e. The molecule has 1 heterocycles. The van der Waals surface area contributed by atoms with Gasteiger partial charge in [0.25, 0.3) is 0 Å². The molecule has 1 aliphatic rings. The number of nitrogen functional groups attached to an aromatic ring is 1. The second-order valence-electron chi connectivity index (χ2n) is 3.18. The predicted molar refractivity (Wildman–Crippen MR) is 56.8 cm³/mol. The summed E-state index contributed by atoms with van der Waals surface area (Å²) < 4.78 is 10.2. The molecule has 1 aliphatic heterocycles. The van der Waals surface area contributed by atoms with Gasteiger partial charge in [-0.05, 0) is 6.07 Å². The monoisotopic (exact) mass is 222 g/mol. The van der Waals surface area contributed by atoms with Crippen LogP contribution in [0.15, 0.2) is 18.3 Å². The van der Waals surface area contributed by atoms with Gasteiger partial charge in [0.1, 0.15) is 0 Å². The minimum atomic E-state index is -1.15. The molecule has 5 N–H and O–H groups in total. The summed E-state index contributed by atoms with van der Waals surface area (Å²) in [6.45, 7) is 0.104. The minimum absolute atomic E-state index is 0.0733. The normalized spacial score (nSPS) is 13.9. The van der Waals surface area contributed by atoms with Gasteiger partial charge in [0, 0.05) is 23.5 Å². The Balaban J connectivity index is 2.53. The van der Waals surface area contributed by atoms with Gasteiger partial charge in [-0.25, -0.2) is 4.79 Å². The van der Waals surface area contributed by atoms with E-state index < -0.39 is 5.97 Å². The van der Waals surface area contributed by atoms with Gasteiger partial charge in [-0.1, -0.05) is 0 Å². The van der Waals surface area contributed by atoms with Gasteiger partial charge in [0.15, 0.2) is 11.5 Å². The van der Waals surface area contributed by atoms with Gasteiger partial charge in [-0.15, -0.1) is 0 Å². The number of anilines is 1. The average molecular weight is 222 g/mol. The van der Waals surface area contributed by atoms with Crippen LogP contribution < -0.4 is 20.9 Å². The van der Waals surface area contributed by atoms with Crippen molar-refractivity contribution < 1.29 is 19.4 Å². The Kier molecular flexibility index (Phi) is 2.32. The number of rotatable bonds is 2. The van der Waals surface area contributed by atoms with E-state index in [9.17, 15) is 4.79 Å². The molecule has 0 aromatic heterocycles. The maximum absolute atomic E-state index is 10.9. The Morgan fingerprint density at radius 1 is 1.38 bits per heavy atom. The van der Waals surface area contributed by atoms with Crippen LogP contribution in [0.5, 0.6) is 11.5 Å². The number of carboxylic acids is 1. The first-order chi connectivity index (χ1) is 7.63. The lowest BCUT2D eigenvalue weighted by molar-refractivity contribution is -0.130. The van der Waals surface area contributed by atoms with E-state index in [2.05, 4.69) is 0 Å². The largest absolute Gasteiger partial charge is 0.478 e. The first-order valence-electron chi connectivity index (χ1n) is 4.48. The number of aliphatic carboxylic acids is 1. The van der Waals surface area contributed by atoms with Crippen molar-refractivity contribution in [3.8, 4) is 11.5 Å². The van der Waals surface area contributed by atoms with Gasteiger partial charge >= 0.3 is 5.97 Å². The summed E-state index contributed by atoms with van der Waals surface area (Å²) in [5.41, 5.74) is 11.5. The van der Waals surface area contributed by atoms with Crippen molar-refractivity contribution in [3.63, 3.8) is 0 Å². The lowest BCUT2D eigenvalue weighted by Gasteiger charge is -2.07. The summed E-state index contributed by atoms with van der Waals surface area (Å²) in [7, 11) is 0. The molecule has 0 atom stereocenters. The average Bonchev–Trinajstić information content (AvgIpc) is 2.65. The second-order valence-corrected chi connectivity index (χ2v) is 3.18. The third kappa shape index (κ3) is 1.50. The van der Waals surface area contributed by atoms with Gasteiger partial charge in [-0.2, -0.15) is 0 Å². The quantitative estimate of drug-likeness (QED) is 0.493. The highest BCUT2D eigenvalue weighted by Gasteiger charge is 2.20. The van der Waals surface area contributed by atoms with Crippen molar-refractivity contribution in [1.29, 1.82) is 0 Å². The van der Waals surface area contributed by atoms with E-state index in [0.29, 0.717) is 17.1 Å². The number of nitrogens with two attached hydrogens (primary N) is 2. The topological polar surface area (TPSA) is 108 Å². The first kappa shape index (κ1) is 10.2. The van der Waals surface area contributed by atoms with Crippen LogP contribution in [-0.4, -0.2) is 17.9 Å². The maximum atomic E-state index is 10.9. The number of carbonyl (C=O) groups is 1. The first-order valence-corrected chi connectivity index (χ1v) is 4.48. The van der Waals surface area contributed by atoms with Crippen LogP contribution in [0.25, 0.3) is 5.57 Å². The van der Waals surface area contributed by atoms with Crippen LogP contribution >= 0.6 is 0 Å². The molecule has 0 fully saturated rings. The van der Waals surface area contributed by atoms with Crippen LogP contribution in [0.2, 0.25) is 0 Å². The van der Waals surface area contributed by atoms with Gasteiger partial charge in [0.2, 0.25) is 6.79 Å². The summed E-state index contributed by atoms with van der Waals surface area (Å²) in [6, 6.07) is 3.02. The van der Waals surface area contributed by atoms with Crippen LogP contribution in [0.4, 0.5) is 5.69 Å². The van der Waals surface area contributed by atoms with E-state index in [4.69, 9.17) is 26.0 Å². The van der Waals surface area contributed by atoms with E-state index >= 15 is 0 Å². The molecule has 84 valence electrons. The summed E-state index contributed by atoms with van der Waals surface area (Å²) in [5.74, 6) is -0.180. The van der Waals surface area contributed by atoms with Gasteiger partial charge in [-0.3, -0.25) is 0 Å². The van der Waals surface area contributed by atoms with Crippen molar-refractivity contribution in [1.82, 2.24) is 0 Å². The molecule has 6 heteroatoms. The van der Waals surface area contributed by atoms with Crippen LogP contribution in [0, 0.1) is 0 Å². The van der Waals surface area contributed by atoms with Gasteiger partial charge in [0.05, 0.1) is 5.57 Å². The highest BCUT2D eigenvalue weighted by molar-refractivity contribution is 6.17. The van der Waals surface area contributed by atoms with E-state index in [1.165, 1.54) is 12.1 Å². The Morgan fingerprint density at radius 3 is 2.56 bits per heavy atom. The molecule has 0 bridgehead atoms. The number of ether oxygens (including phenoxy) is 2. The number of carboxylic acid groups (broad SMARTS) is 1. The number of hydrogen-bond donors (Lipinski definition) is 3. The molecule has 1 aromatic carbocycles. The lowest BCUT2D eigenvalue weighted by Crippen LogP contribution is -2.05. The van der Waals surface area contributed by atoms with E-state index in [0.717, 1.165) is 6.20 Å². The molecule has 0 unspecified atom stereocenters. The van der Waals surface area contributed by atoms with Crippen molar-refractivity contribution in [2.75, 3.05) is 12.5 Å². The predicted octanol–water partition coefficient (Wildman–Crippen LogP) is 0.382. The fourth-order valence-corrected chi connectivity index (χ4v) is 1.47. The standard InChI is InChI=1S/C10H10N2O4/c11-3-6(10(13)14)5-1-8-9(2-7(5)12)16-4-15-8/h1-3H,4,11-12H2,(H,13,14)/b6-3+. The molecule has 0 saturated carbocycles. The molecular weight excluding hydrogens is 212 g/mol. The molecule has 6 nitrogen and oxygen atoms in total. The molecular formula is C10H10N2O4. The zero-order chi connectivity index (χ0) is 11.7.